The molecular formula is C10H5BrClN3O. The van der Waals surface area contributed by atoms with E-state index in [2.05, 4.69) is 26.0 Å². The molecule has 6 heteroatoms. The van der Waals surface area contributed by atoms with Crippen molar-refractivity contribution in [2.45, 2.75) is 0 Å². The number of hydrogen-bond acceptors (Lipinski definition) is 3. The summed E-state index contributed by atoms with van der Waals surface area (Å²) in [5.74, 6) is 0.678. The highest BCUT2D eigenvalue weighted by Crippen LogP contribution is 2.25. The van der Waals surface area contributed by atoms with Gasteiger partial charge in [-0.25, -0.2) is 9.50 Å². The average Bonchev–Trinajstić information content (AvgIpc) is 2.88. The van der Waals surface area contributed by atoms with Crippen LogP contribution >= 0.6 is 27.5 Å². The van der Waals surface area contributed by atoms with E-state index in [1.165, 1.54) is 0 Å². The number of furan rings is 1. The van der Waals surface area contributed by atoms with Gasteiger partial charge in [0.05, 0.1) is 16.9 Å². The molecule has 0 fully saturated rings. The Morgan fingerprint density at radius 2 is 2.31 bits per heavy atom. The SMILES string of the molecule is Clc1cc(-c2ccco2)nc2c(Br)cnn12. The molecule has 0 amide bonds. The van der Waals surface area contributed by atoms with Crippen molar-refractivity contribution in [2.24, 2.45) is 0 Å². The van der Waals surface area contributed by atoms with E-state index >= 15 is 0 Å². The number of aromatic nitrogens is 3. The predicted octanol–water partition coefficient (Wildman–Crippen LogP) is 3.41. The molecule has 0 saturated heterocycles. The number of rotatable bonds is 1. The molecule has 0 atom stereocenters. The lowest BCUT2D eigenvalue weighted by molar-refractivity contribution is 0.580. The molecule has 0 N–H and O–H groups in total. The first kappa shape index (κ1) is 9.86. The Balaban J connectivity index is 2.32. The molecule has 0 saturated carbocycles. The number of nitrogens with zero attached hydrogens (tertiary/aromatic N) is 3. The van der Waals surface area contributed by atoms with Gasteiger partial charge in [-0.2, -0.15) is 5.10 Å². The first-order valence-electron chi connectivity index (χ1n) is 4.49. The minimum Gasteiger partial charge on any atom is -0.463 e. The monoisotopic (exact) mass is 297 g/mol. The lowest BCUT2D eigenvalue weighted by atomic mass is 10.3. The van der Waals surface area contributed by atoms with Crippen molar-refractivity contribution in [3.8, 4) is 11.5 Å². The van der Waals surface area contributed by atoms with Crippen molar-refractivity contribution in [1.29, 1.82) is 0 Å². The molecule has 0 spiro atoms. The van der Waals surface area contributed by atoms with Gasteiger partial charge in [0.25, 0.3) is 0 Å². The van der Waals surface area contributed by atoms with Gasteiger partial charge < -0.3 is 4.42 Å². The van der Waals surface area contributed by atoms with Crippen LogP contribution in [0.15, 0.2) is 39.5 Å². The summed E-state index contributed by atoms with van der Waals surface area (Å²) in [6.07, 6.45) is 3.25. The van der Waals surface area contributed by atoms with Gasteiger partial charge in [-0.1, -0.05) is 11.6 Å². The summed E-state index contributed by atoms with van der Waals surface area (Å²) in [6.45, 7) is 0. The van der Waals surface area contributed by atoms with Crippen LogP contribution in [0.3, 0.4) is 0 Å². The highest BCUT2D eigenvalue weighted by Gasteiger charge is 2.11. The molecule has 0 aliphatic carbocycles. The highest BCUT2D eigenvalue weighted by atomic mass is 79.9. The second-order valence-corrected chi connectivity index (χ2v) is 4.41. The Labute approximate surface area is 104 Å². The molecular weight excluding hydrogens is 293 g/mol. The molecule has 3 aromatic rings. The maximum Gasteiger partial charge on any atom is 0.171 e. The summed E-state index contributed by atoms with van der Waals surface area (Å²) >= 11 is 9.45. The summed E-state index contributed by atoms with van der Waals surface area (Å²) in [7, 11) is 0. The predicted molar refractivity (Wildman–Crippen MR) is 63.4 cm³/mol. The van der Waals surface area contributed by atoms with Gasteiger partial charge in [0, 0.05) is 6.07 Å². The van der Waals surface area contributed by atoms with Crippen LogP contribution in [0, 0.1) is 0 Å². The Bertz CT molecular complexity index is 647. The summed E-state index contributed by atoms with van der Waals surface area (Å²) in [5, 5.41) is 4.57. The third-order valence-corrected chi connectivity index (χ3v) is 2.99. The van der Waals surface area contributed by atoms with E-state index in [-0.39, 0.29) is 0 Å². The zero-order valence-corrected chi connectivity index (χ0v) is 10.2. The fraction of sp³-hybridized carbons (Fsp3) is 0. The molecule has 80 valence electrons. The van der Waals surface area contributed by atoms with Crippen LogP contribution in [0.25, 0.3) is 17.1 Å². The zero-order valence-electron chi connectivity index (χ0n) is 7.89. The standard InChI is InChI=1S/C10H5BrClN3O/c11-6-5-13-15-9(12)4-7(14-10(6)15)8-2-1-3-16-8/h1-5H. The van der Waals surface area contributed by atoms with Crippen molar-refractivity contribution in [3.05, 3.63) is 40.3 Å². The third-order valence-electron chi connectivity index (χ3n) is 2.16. The van der Waals surface area contributed by atoms with E-state index in [1.807, 2.05) is 6.07 Å². The first-order chi connectivity index (χ1) is 7.75. The Kier molecular flexibility index (Phi) is 2.22. The minimum absolute atomic E-state index is 0.488. The number of fused-ring (bicyclic) bond motifs is 1. The van der Waals surface area contributed by atoms with Crippen LogP contribution in [0.4, 0.5) is 0 Å². The normalized spacial score (nSPS) is 11.1. The first-order valence-corrected chi connectivity index (χ1v) is 5.66. The molecule has 0 aliphatic heterocycles. The van der Waals surface area contributed by atoms with Crippen LogP contribution in [-0.2, 0) is 0 Å². The van der Waals surface area contributed by atoms with Crippen molar-refractivity contribution >= 4 is 33.2 Å². The van der Waals surface area contributed by atoms with E-state index in [9.17, 15) is 0 Å². The molecule has 16 heavy (non-hydrogen) atoms. The molecule has 3 aromatic heterocycles. The maximum absolute atomic E-state index is 6.09. The fourth-order valence-corrected chi connectivity index (χ4v) is 2.03. The van der Waals surface area contributed by atoms with E-state index in [1.54, 1.807) is 29.1 Å². The van der Waals surface area contributed by atoms with E-state index < -0.39 is 0 Å². The van der Waals surface area contributed by atoms with Gasteiger partial charge in [-0.05, 0) is 28.1 Å². The van der Waals surface area contributed by atoms with Gasteiger partial charge in [0.15, 0.2) is 11.4 Å². The molecule has 4 nitrogen and oxygen atoms in total. The van der Waals surface area contributed by atoms with Crippen LogP contribution in [-0.4, -0.2) is 14.6 Å². The second kappa shape index (κ2) is 3.61. The summed E-state index contributed by atoms with van der Waals surface area (Å²) < 4.78 is 7.62. The van der Waals surface area contributed by atoms with Gasteiger partial charge >= 0.3 is 0 Å². The minimum atomic E-state index is 0.488. The smallest absolute Gasteiger partial charge is 0.171 e. The lowest BCUT2D eigenvalue weighted by Gasteiger charge is -2.00. The molecule has 0 aliphatic rings. The third kappa shape index (κ3) is 1.44. The van der Waals surface area contributed by atoms with Gasteiger partial charge in [-0.3, -0.25) is 0 Å². The summed E-state index contributed by atoms with van der Waals surface area (Å²) in [4.78, 5) is 4.41. The van der Waals surface area contributed by atoms with Crippen molar-refractivity contribution in [1.82, 2.24) is 14.6 Å². The number of halogens is 2. The quantitative estimate of drug-likeness (QED) is 0.647. The van der Waals surface area contributed by atoms with Crippen molar-refractivity contribution < 1.29 is 4.42 Å². The Morgan fingerprint density at radius 3 is 3.06 bits per heavy atom. The highest BCUT2D eigenvalue weighted by molar-refractivity contribution is 9.10. The van der Waals surface area contributed by atoms with Gasteiger partial charge in [0.2, 0.25) is 0 Å². The van der Waals surface area contributed by atoms with E-state index in [4.69, 9.17) is 16.0 Å². The van der Waals surface area contributed by atoms with Crippen LogP contribution < -0.4 is 0 Å². The topological polar surface area (TPSA) is 43.3 Å². The van der Waals surface area contributed by atoms with Crippen LogP contribution in [0.2, 0.25) is 5.15 Å². The van der Waals surface area contributed by atoms with Crippen molar-refractivity contribution in [2.75, 3.05) is 0 Å². The van der Waals surface area contributed by atoms with E-state index in [0.29, 0.717) is 22.3 Å². The molecule has 3 heterocycles. The maximum atomic E-state index is 6.09. The average molecular weight is 299 g/mol. The molecule has 3 rings (SSSR count). The Morgan fingerprint density at radius 1 is 1.44 bits per heavy atom. The lowest BCUT2D eigenvalue weighted by Crippen LogP contribution is -1.93. The van der Waals surface area contributed by atoms with Crippen molar-refractivity contribution in [3.63, 3.8) is 0 Å². The second-order valence-electron chi connectivity index (χ2n) is 3.17. The van der Waals surface area contributed by atoms with Crippen LogP contribution in [0.1, 0.15) is 0 Å². The summed E-state index contributed by atoms with van der Waals surface area (Å²) in [6, 6.07) is 5.35. The molecule has 0 aromatic carbocycles. The largest absolute Gasteiger partial charge is 0.463 e. The zero-order chi connectivity index (χ0) is 11.1. The molecule has 0 unspecified atom stereocenters. The molecule has 0 radical (unpaired) electrons. The number of hydrogen-bond donors (Lipinski definition) is 0. The Hall–Kier alpha value is -1.33. The molecule has 0 bridgehead atoms. The van der Waals surface area contributed by atoms with Gasteiger partial charge in [0.1, 0.15) is 10.8 Å². The van der Waals surface area contributed by atoms with E-state index in [0.717, 1.165) is 4.47 Å². The summed E-state index contributed by atoms with van der Waals surface area (Å²) in [5.41, 5.74) is 1.35. The fourth-order valence-electron chi connectivity index (χ4n) is 1.45. The van der Waals surface area contributed by atoms with Gasteiger partial charge in [-0.15, -0.1) is 0 Å². The van der Waals surface area contributed by atoms with Crippen LogP contribution in [0.5, 0.6) is 0 Å².